The summed E-state index contributed by atoms with van der Waals surface area (Å²) in [6.07, 6.45) is 2.37. The number of carbonyl (C=O) groups is 1. The summed E-state index contributed by atoms with van der Waals surface area (Å²) in [5.74, 6) is 1.27. The molecule has 1 unspecified atom stereocenters. The van der Waals surface area contributed by atoms with Crippen LogP contribution >= 0.6 is 0 Å². The van der Waals surface area contributed by atoms with Crippen molar-refractivity contribution in [1.29, 1.82) is 0 Å². The molecule has 1 aromatic rings. The SMILES string of the molecule is CCCNC(C)(CCCOc1ccc(OC)cc1)C(N)=O. The number of benzene rings is 1. The molecule has 0 heterocycles. The Morgan fingerprint density at radius 1 is 1.29 bits per heavy atom. The van der Waals surface area contributed by atoms with E-state index in [0.29, 0.717) is 13.0 Å². The lowest BCUT2D eigenvalue weighted by molar-refractivity contribution is -0.124. The van der Waals surface area contributed by atoms with Crippen molar-refractivity contribution < 1.29 is 14.3 Å². The highest BCUT2D eigenvalue weighted by Crippen LogP contribution is 2.18. The van der Waals surface area contributed by atoms with E-state index in [1.807, 2.05) is 31.2 Å². The van der Waals surface area contributed by atoms with Gasteiger partial charge in [-0.15, -0.1) is 0 Å². The first-order chi connectivity index (χ1) is 10.0. The van der Waals surface area contributed by atoms with Gasteiger partial charge in [0.1, 0.15) is 11.5 Å². The van der Waals surface area contributed by atoms with E-state index in [1.54, 1.807) is 7.11 Å². The van der Waals surface area contributed by atoms with Gasteiger partial charge in [0, 0.05) is 0 Å². The molecule has 5 nitrogen and oxygen atoms in total. The monoisotopic (exact) mass is 294 g/mol. The highest BCUT2D eigenvalue weighted by Gasteiger charge is 2.29. The molecule has 0 saturated carbocycles. The summed E-state index contributed by atoms with van der Waals surface area (Å²) in [5.41, 5.74) is 4.81. The third-order valence-electron chi connectivity index (χ3n) is 3.46. The second-order valence-corrected chi connectivity index (χ2v) is 5.25. The van der Waals surface area contributed by atoms with Crippen molar-refractivity contribution in [3.8, 4) is 11.5 Å². The van der Waals surface area contributed by atoms with E-state index < -0.39 is 5.54 Å². The minimum absolute atomic E-state index is 0.319. The van der Waals surface area contributed by atoms with Crippen molar-refractivity contribution in [1.82, 2.24) is 5.32 Å². The van der Waals surface area contributed by atoms with Crippen LogP contribution in [0.5, 0.6) is 11.5 Å². The Kier molecular flexibility index (Phi) is 7.02. The van der Waals surface area contributed by atoms with Crippen LogP contribution in [0.3, 0.4) is 0 Å². The summed E-state index contributed by atoms with van der Waals surface area (Å²) < 4.78 is 10.7. The summed E-state index contributed by atoms with van der Waals surface area (Å²) in [6.45, 7) is 5.22. The van der Waals surface area contributed by atoms with Gasteiger partial charge < -0.3 is 20.5 Å². The topological polar surface area (TPSA) is 73.6 Å². The molecule has 1 atom stereocenters. The molecular formula is C16H26N2O3. The zero-order chi connectivity index (χ0) is 15.7. The molecule has 5 heteroatoms. The van der Waals surface area contributed by atoms with Gasteiger partial charge in [-0.1, -0.05) is 6.92 Å². The lowest BCUT2D eigenvalue weighted by Gasteiger charge is -2.27. The number of rotatable bonds is 10. The maximum atomic E-state index is 11.6. The molecule has 1 amide bonds. The first-order valence-electron chi connectivity index (χ1n) is 7.33. The molecule has 0 aliphatic heterocycles. The second kappa shape index (κ2) is 8.52. The van der Waals surface area contributed by atoms with E-state index >= 15 is 0 Å². The van der Waals surface area contributed by atoms with Crippen LogP contribution in [0, 0.1) is 0 Å². The zero-order valence-electron chi connectivity index (χ0n) is 13.1. The van der Waals surface area contributed by atoms with Gasteiger partial charge in [0.15, 0.2) is 0 Å². The standard InChI is InChI=1S/C16H26N2O3/c1-4-11-18-16(2,15(17)19)10-5-12-21-14-8-6-13(20-3)7-9-14/h6-9,18H,4-5,10-12H2,1-3H3,(H2,17,19). The first kappa shape index (κ1) is 17.3. The molecule has 118 valence electrons. The predicted molar refractivity (Wildman–Crippen MR) is 83.6 cm³/mol. The van der Waals surface area contributed by atoms with Crippen LogP contribution in [-0.2, 0) is 4.79 Å². The Labute approximate surface area is 126 Å². The molecule has 3 N–H and O–H groups in total. The third kappa shape index (κ3) is 5.63. The molecule has 0 bridgehead atoms. The number of carbonyl (C=O) groups excluding carboxylic acids is 1. The normalized spacial score (nSPS) is 13.5. The van der Waals surface area contributed by atoms with Gasteiger partial charge >= 0.3 is 0 Å². The van der Waals surface area contributed by atoms with Gasteiger partial charge in [-0.3, -0.25) is 4.79 Å². The number of primary amides is 1. The van der Waals surface area contributed by atoms with E-state index in [-0.39, 0.29) is 5.91 Å². The smallest absolute Gasteiger partial charge is 0.237 e. The van der Waals surface area contributed by atoms with Gasteiger partial charge in [-0.05, 0) is 57.0 Å². The number of amides is 1. The Morgan fingerprint density at radius 3 is 2.43 bits per heavy atom. The summed E-state index contributed by atoms with van der Waals surface area (Å²) in [7, 11) is 1.63. The quantitative estimate of drug-likeness (QED) is 0.648. The Hall–Kier alpha value is -1.75. The van der Waals surface area contributed by atoms with E-state index in [1.165, 1.54) is 0 Å². The lowest BCUT2D eigenvalue weighted by atomic mass is 9.95. The van der Waals surface area contributed by atoms with Crippen molar-refractivity contribution in [3.63, 3.8) is 0 Å². The molecule has 21 heavy (non-hydrogen) atoms. The second-order valence-electron chi connectivity index (χ2n) is 5.25. The average Bonchev–Trinajstić information content (AvgIpc) is 2.50. The molecular weight excluding hydrogens is 268 g/mol. The van der Waals surface area contributed by atoms with E-state index in [2.05, 4.69) is 12.2 Å². The molecule has 0 radical (unpaired) electrons. The molecule has 0 spiro atoms. The fourth-order valence-electron chi connectivity index (χ4n) is 1.99. The third-order valence-corrected chi connectivity index (χ3v) is 3.46. The number of hydrogen-bond acceptors (Lipinski definition) is 4. The predicted octanol–water partition coefficient (Wildman–Crippen LogP) is 2.10. The van der Waals surface area contributed by atoms with Crippen LogP contribution in [0.15, 0.2) is 24.3 Å². The van der Waals surface area contributed by atoms with Gasteiger partial charge in [0.05, 0.1) is 19.3 Å². The van der Waals surface area contributed by atoms with Crippen LogP contribution < -0.4 is 20.5 Å². The highest BCUT2D eigenvalue weighted by molar-refractivity contribution is 5.84. The largest absolute Gasteiger partial charge is 0.497 e. The Bertz CT molecular complexity index is 434. The highest BCUT2D eigenvalue weighted by atomic mass is 16.5. The van der Waals surface area contributed by atoms with Gasteiger partial charge in [0.25, 0.3) is 0 Å². The average molecular weight is 294 g/mol. The minimum Gasteiger partial charge on any atom is -0.497 e. The molecule has 1 rings (SSSR count). The lowest BCUT2D eigenvalue weighted by Crippen LogP contribution is -2.53. The molecule has 0 fully saturated rings. The van der Waals surface area contributed by atoms with Crippen molar-refractivity contribution >= 4 is 5.91 Å². The van der Waals surface area contributed by atoms with Crippen LogP contribution in [0.2, 0.25) is 0 Å². The summed E-state index contributed by atoms with van der Waals surface area (Å²) in [6, 6.07) is 7.43. The van der Waals surface area contributed by atoms with E-state index in [4.69, 9.17) is 15.2 Å². The van der Waals surface area contributed by atoms with Gasteiger partial charge in [0.2, 0.25) is 5.91 Å². The zero-order valence-corrected chi connectivity index (χ0v) is 13.1. The fraction of sp³-hybridized carbons (Fsp3) is 0.562. The first-order valence-corrected chi connectivity index (χ1v) is 7.33. The fourth-order valence-corrected chi connectivity index (χ4v) is 1.99. The van der Waals surface area contributed by atoms with Crippen molar-refractivity contribution in [2.75, 3.05) is 20.3 Å². The van der Waals surface area contributed by atoms with E-state index in [9.17, 15) is 4.79 Å². The molecule has 0 aliphatic carbocycles. The number of ether oxygens (including phenoxy) is 2. The summed E-state index contributed by atoms with van der Waals surface area (Å²) >= 11 is 0. The molecule has 0 aromatic heterocycles. The number of methoxy groups -OCH3 is 1. The maximum absolute atomic E-state index is 11.6. The molecule has 0 saturated heterocycles. The van der Waals surface area contributed by atoms with Crippen LogP contribution in [0.4, 0.5) is 0 Å². The van der Waals surface area contributed by atoms with E-state index in [0.717, 1.165) is 30.9 Å². The number of hydrogen-bond donors (Lipinski definition) is 2. The summed E-state index contributed by atoms with van der Waals surface area (Å²) in [5, 5.41) is 3.21. The minimum atomic E-state index is -0.667. The molecule has 0 aliphatic rings. The van der Waals surface area contributed by atoms with Crippen molar-refractivity contribution in [2.45, 2.75) is 38.6 Å². The van der Waals surface area contributed by atoms with Gasteiger partial charge in [-0.25, -0.2) is 0 Å². The summed E-state index contributed by atoms with van der Waals surface area (Å²) in [4.78, 5) is 11.6. The van der Waals surface area contributed by atoms with Crippen LogP contribution in [0.1, 0.15) is 33.1 Å². The van der Waals surface area contributed by atoms with Crippen molar-refractivity contribution in [3.05, 3.63) is 24.3 Å². The number of nitrogens with one attached hydrogen (secondary N) is 1. The maximum Gasteiger partial charge on any atom is 0.237 e. The van der Waals surface area contributed by atoms with Crippen LogP contribution in [-0.4, -0.2) is 31.7 Å². The Balaban J connectivity index is 2.38. The number of nitrogens with two attached hydrogens (primary N) is 1. The Morgan fingerprint density at radius 2 is 1.90 bits per heavy atom. The van der Waals surface area contributed by atoms with Crippen molar-refractivity contribution in [2.24, 2.45) is 5.73 Å². The van der Waals surface area contributed by atoms with Gasteiger partial charge in [-0.2, -0.15) is 0 Å². The molecule has 1 aromatic carbocycles. The van der Waals surface area contributed by atoms with Crippen LogP contribution in [0.25, 0.3) is 0 Å².